The van der Waals surface area contributed by atoms with Crippen molar-refractivity contribution in [2.75, 3.05) is 0 Å². The molecule has 0 aromatic heterocycles. The highest BCUT2D eigenvalue weighted by molar-refractivity contribution is 5.94. The number of amides is 3. The summed E-state index contributed by atoms with van der Waals surface area (Å²) in [5.74, 6) is -5.49. The van der Waals surface area contributed by atoms with Crippen LogP contribution in [0.25, 0.3) is 0 Å². The van der Waals surface area contributed by atoms with E-state index in [2.05, 4.69) is 16.0 Å². The number of aliphatic hydroxyl groups excluding tert-OH is 2. The molecule has 6 atom stereocenters. The molecule has 0 saturated heterocycles. The lowest BCUT2D eigenvalue weighted by molar-refractivity contribution is -0.144. The van der Waals surface area contributed by atoms with E-state index >= 15 is 0 Å². The molecule has 9 N–H and O–H groups in total. The zero-order chi connectivity index (χ0) is 22.9. The third kappa shape index (κ3) is 9.32. The van der Waals surface area contributed by atoms with Crippen LogP contribution in [0, 0.1) is 0 Å². The first-order valence-electron chi connectivity index (χ1n) is 8.75. The summed E-state index contributed by atoms with van der Waals surface area (Å²) >= 11 is 0. The topological polar surface area (TPSA) is 228 Å². The lowest BCUT2D eigenvalue weighted by atomic mass is 10.1. The van der Waals surface area contributed by atoms with Gasteiger partial charge in [-0.3, -0.25) is 19.2 Å². The zero-order valence-corrected chi connectivity index (χ0v) is 16.3. The molecule has 0 bridgehead atoms. The Morgan fingerprint density at radius 3 is 1.79 bits per heavy atom. The van der Waals surface area contributed by atoms with Crippen molar-refractivity contribution in [3.05, 3.63) is 0 Å². The van der Waals surface area contributed by atoms with Crippen LogP contribution in [0.15, 0.2) is 0 Å². The molecule has 13 heteroatoms. The van der Waals surface area contributed by atoms with Crippen LogP contribution in [-0.2, 0) is 24.0 Å². The minimum Gasteiger partial charge on any atom is -0.481 e. The standard InChI is InChI=1S/C16H28N4O9/c1-6(18-14(26)11(17)7(2)21)13(25)20-12(8(3)22)15(27)19-9(16(28)29)4-5-10(23)24/h6-9,11-12,21-22H,4-5,17H2,1-3H3,(H,18,26)(H,19,27)(H,20,25)(H,23,24)(H,28,29). The first-order valence-corrected chi connectivity index (χ1v) is 8.75. The molecule has 0 aromatic carbocycles. The second-order valence-corrected chi connectivity index (χ2v) is 6.56. The van der Waals surface area contributed by atoms with Gasteiger partial charge in [-0.05, 0) is 27.2 Å². The van der Waals surface area contributed by atoms with Crippen LogP contribution in [0.1, 0.15) is 33.6 Å². The van der Waals surface area contributed by atoms with Crippen molar-refractivity contribution in [2.24, 2.45) is 5.73 Å². The highest BCUT2D eigenvalue weighted by atomic mass is 16.4. The molecule has 0 fully saturated rings. The monoisotopic (exact) mass is 420 g/mol. The molecule has 0 rings (SSSR count). The summed E-state index contributed by atoms with van der Waals surface area (Å²) in [6.45, 7) is 3.72. The van der Waals surface area contributed by atoms with E-state index in [9.17, 15) is 34.2 Å². The van der Waals surface area contributed by atoms with E-state index in [-0.39, 0.29) is 0 Å². The first-order chi connectivity index (χ1) is 13.3. The summed E-state index contributed by atoms with van der Waals surface area (Å²) in [4.78, 5) is 58.0. The predicted octanol–water partition coefficient (Wildman–Crippen LogP) is -3.50. The van der Waals surface area contributed by atoms with Crippen molar-refractivity contribution in [1.29, 1.82) is 0 Å². The molecule has 0 aromatic rings. The minimum absolute atomic E-state index is 0.402. The van der Waals surface area contributed by atoms with Gasteiger partial charge in [-0.25, -0.2) is 4.79 Å². The maximum absolute atomic E-state index is 12.3. The van der Waals surface area contributed by atoms with E-state index in [1.165, 1.54) is 20.8 Å². The Morgan fingerprint density at radius 2 is 1.38 bits per heavy atom. The lowest BCUT2D eigenvalue weighted by Crippen LogP contribution is -2.59. The second-order valence-electron chi connectivity index (χ2n) is 6.56. The molecule has 0 radical (unpaired) electrons. The first kappa shape index (κ1) is 26.2. The SMILES string of the molecule is CC(NC(=O)C(N)C(C)O)C(=O)NC(C(=O)NC(CCC(=O)O)C(=O)O)C(C)O. The van der Waals surface area contributed by atoms with Gasteiger partial charge in [-0.2, -0.15) is 0 Å². The fourth-order valence-corrected chi connectivity index (χ4v) is 2.06. The Bertz CT molecular complexity index is 624. The smallest absolute Gasteiger partial charge is 0.326 e. The molecule has 0 saturated carbocycles. The summed E-state index contributed by atoms with van der Waals surface area (Å²) in [7, 11) is 0. The van der Waals surface area contributed by atoms with Crippen LogP contribution in [0.4, 0.5) is 0 Å². The Labute approximate surface area is 166 Å². The van der Waals surface area contributed by atoms with Crippen molar-refractivity contribution in [1.82, 2.24) is 16.0 Å². The van der Waals surface area contributed by atoms with E-state index < -0.39 is 78.9 Å². The molecule has 166 valence electrons. The van der Waals surface area contributed by atoms with Gasteiger partial charge in [0, 0.05) is 6.42 Å². The van der Waals surface area contributed by atoms with Gasteiger partial charge in [0.05, 0.1) is 12.2 Å². The molecule has 13 nitrogen and oxygen atoms in total. The molecule has 29 heavy (non-hydrogen) atoms. The Morgan fingerprint density at radius 1 is 0.828 bits per heavy atom. The number of nitrogens with two attached hydrogens (primary N) is 1. The summed E-state index contributed by atoms with van der Waals surface area (Å²) < 4.78 is 0. The highest BCUT2D eigenvalue weighted by Crippen LogP contribution is 2.02. The summed E-state index contributed by atoms with van der Waals surface area (Å²) in [5.41, 5.74) is 5.44. The van der Waals surface area contributed by atoms with Gasteiger partial charge in [0.15, 0.2) is 0 Å². The van der Waals surface area contributed by atoms with Crippen LogP contribution < -0.4 is 21.7 Å². The number of aliphatic carboxylic acids is 2. The quantitative estimate of drug-likeness (QED) is 0.155. The number of rotatable bonds is 12. The summed E-state index contributed by atoms with van der Waals surface area (Å²) in [6.07, 6.45) is -3.52. The summed E-state index contributed by atoms with van der Waals surface area (Å²) in [5, 5.41) is 43.2. The lowest BCUT2D eigenvalue weighted by Gasteiger charge is -2.25. The van der Waals surface area contributed by atoms with E-state index in [1.54, 1.807) is 0 Å². The minimum atomic E-state index is -1.57. The number of carboxylic acid groups (broad SMARTS) is 2. The van der Waals surface area contributed by atoms with E-state index in [4.69, 9.17) is 15.9 Å². The van der Waals surface area contributed by atoms with E-state index in [1.807, 2.05) is 0 Å². The Hall–Kier alpha value is -2.77. The molecule has 0 aliphatic carbocycles. The molecule has 0 heterocycles. The Kier molecular flexibility index (Phi) is 10.8. The molecular formula is C16H28N4O9. The molecule has 6 unspecified atom stereocenters. The maximum atomic E-state index is 12.3. The zero-order valence-electron chi connectivity index (χ0n) is 16.3. The molecule has 0 spiro atoms. The van der Waals surface area contributed by atoms with Crippen molar-refractivity contribution < 1.29 is 44.4 Å². The van der Waals surface area contributed by atoms with E-state index in [0.717, 1.165) is 0 Å². The van der Waals surface area contributed by atoms with Gasteiger partial charge in [0.1, 0.15) is 24.2 Å². The van der Waals surface area contributed by atoms with Crippen LogP contribution in [-0.4, -0.2) is 86.5 Å². The maximum Gasteiger partial charge on any atom is 0.326 e. The Balaban J connectivity index is 5.05. The predicted molar refractivity (Wildman–Crippen MR) is 97.3 cm³/mol. The van der Waals surface area contributed by atoms with Gasteiger partial charge in [-0.1, -0.05) is 0 Å². The van der Waals surface area contributed by atoms with Gasteiger partial charge in [0.2, 0.25) is 17.7 Å². The van der Waals surface area contributed by atoms with Crippen LogP contribution in [0.3, 0.4) is 0 Å². The highest BCUT2D eigenvalue weighted by Gasteiger charge is 2.32. The third-order valence-corrected chi connectivity index (χ3v) is 3.90. The van der Waals surface area contributed by atoms with Crippen molar-refractivity contribution in [2.45, 2.75) is 70.0 Å². The number of nitrogens with one attached hydrogen (secondary N) is 3. The number of hydrogen-bond acceptors (Lipinski definition) is 8. The van der Waals surface area contributed by atoms with Gasteiger partial charge < -0.3 is 42.1 Å². The molecule has 0 aliphatic heterocycles. The van der Waals surface area contributed by atoms with Crippen molar-refractivity contribution >= 4 is 29.7 Å². The fraction of sp³-hybridized carbons (Fsp3) is 0.688. The second kappa shape index (κ2) is 11.9. The molecule has 0 aliphatic rings. The number of aliphatic hydroxyl groups is 2. The number of hydrogen-bond donors (Lipinski definition) is 8. The van der Waals surface area contributed by atoms with Crippen LogP contribution in [0.5, 0.6) is 0 Å². The van der Waals surface area contributed by atoms with Crippen LogP contribution >= 0.6 is 0 Å². The van der Waals surface area contributed by atoms with Gasteiger partial charge in [-0.15, -0.1) is 0 Å². The van der Waals surface area contributed by atoms with Crippen molar-refractivity contribution in [3.8, 4) is 0 Å². The molecule has 3 amide bonds. The normalized spacial score (nSPS) is 17.0. The third-order valence-electron chi connectivity index (χ3n) is 3.90. The largest absolute Gasteiger partial charge is 0.481 e. The average Bonchev–Trinajstić information content (AvgIpc) is 2.60. The van der Waals surface area contributed by atoms with Crippen LogP contribution in [0.2, 0.25) is 0 Å². The van der Waals surface area contributed by atoms with Gasteiger partial charge in [0.25, 0.3) is 0 Å². The van der Waals surface area contributed by atoms with Crippen molar-refractivity contribution in [3.63, 3.8) is 0 Å². The molecular weight excluding hydrogens is 392 g/mol. The summed E-state index contributed by atoms with van der Waals surface area (Å²) in [6, 6.07) is -5.59. The fourth-order valence-electron chi connectivity index (χ4n) is 2.06. The van der Waals surface area contributed by atoms with Gasteiger partial charge >= 0.3 is 11.9 Å². The average molecular weight is 420 g/mol. The number of carboxylic acids is 2. The van der Waals surface area contributed by atoms with E-state index in [0.29, 0.717) is 0 Å². The number of carbonyl (C=O) groups is 5. The number of carbonyl (C=O) groups excluding carboxylic acids is 3.